The minimum Gasteiger partial charge on any atom is -0.351 e. The summed E-state index contributed by atoms with van der Waals surface area (Å²) >= 11 is 3.69. The van der Waals surface area contributed by atoms with E-state index < -0.39 is 0 Å². The SMILES string of the molecule is CBc1cc(Br)c2c(C(=O)NCC34CCC(CC3)CC4)cn(C)c2c1. The molecule has 5 heteroatoms. The molecule has 3 aliphatic rings. The van der Waals surface area contributed by atoms with Crippen molar-refractivity contribution in [3.63, 3.8) is 0 Å². The Morgan fingerprint density at radius 3 is 2.64 bits per heavy atom. The molecule has 5 rings (SSSR count). The molecular formula is C20H26BBrN2O. The Bertz CT molecular complexity index is 807. The molecule has 1 heterocycles. The van der Waals surface area contributed by atoms with E-state index in [2.05, 4.69) is 44.8 Å². The number of aryl methyl sites for hydroxylation is 1. The topological polar surface area (TPSA) is 34.0 Å². The van der Waals surface area contributed by atoms with Gasteiger partial charge in [-0.3, -0.25) is 4.79 Å². The van der Waals surface area contributed by atoms with Crippen LogP contribution in [0.4, 0.5) is 0 Å². The number of carbonyl (C=O) groups excluding carboxylic acids is 1. The second-order valence-electron chi connectivity index (χ2n) is 8.14. The summed E-state index contributed by atoms with van der Waals surface area (Å²) in [6.45, 7) is 2.99. The Morgan fingerprint density at radius 1 is 1.32 bits per heavy atom. The highest BCUT2D eigenvalue weighted by Crippen LogP contribution is 2.49. The van der Waals surface area contributed by atoms with Crippen LogP contribution in [0.25, 0.3) is 10.9 Å². The molecule has 0 unspecified atom stereocenters. The number of benzene rings is 1. The molecule has 1 N–H and O–H groups in total. The van der Waals surface area contributed by atoms with E-state index in [1.807, 2.05) is 13.2 Å². The van der Waals surface area contributed by atoms with E-state index in [0.29, 0.717) is 5.41 Å². The Balaban J connectivity index is 1.58. The van der Waals surface area contributed by atoms with Gasteiger partial charge in [-0.05, 0) is 55.9 Å². The maximum absolute atomic E-state index is 12.9. The zero-order valence-corrected chi connectivity index (χ0v) is 16.8. The standard InChI is InChI=1S/C20H26BBrN2O/c1-21-14-9-16(22)18-15(11-24(2)17(18)10-14)19(25)23-12-20-6-3-13(4-7-20)5-8-20/h9-11,13,21H,3-8,12H2,1-2H3,(H,23,25). The summed E-state index contributed by atoms with van der Waals surface area (Å²) in [5, 5.41) is 4.30. The van der Waals surface area contributed by atoms with E-state index in [4.69, 9.17) is 0 Å². The number of hydrogen-bond donors (Lipinski definition) is 1. The largest absolute Gasteiger partial charge is 0.351 e. The molecule has 1 amide bonds. The Labute approximate surface area is 158 Å². The van der Waals surface area contributed by atoms with Crippen molar-refractivity contribution in [1.29, 1.82) is 0 Å². The minimum atomic E-state index is 0.0672. The fraction of sp³-hybridized carbons (Fsp3) is 0.550. The lowest BCUT2D eigenvalue weighted by molar-refractivity contribution is 0.0598. The summed E-state index contributed by atoms with van der Waals surface area (Å²) in [6.07, 6.45) is 9.91. The van der Waals surface area contributed by atoms with Crippen LogP contribution < -0.4 is 10.8 Å². The maximum Gasteiger partial charge on any atom is 0.253 e. The molecular weight excluding hydrogens is 375 g/mol. The van der Waals surface area contributed by atoms with E-state index in [1.165, 1.54) is 44.0 Å². The summed E-state index contributed by atoms with van der Waals surface area (Å²) < 4.78 is 3.09. The summed E-state index contributed by atoms with van der Waals surface area (Å²) in [6, 6.07) is 4.33. The number of aromatic nitrogens is 1. The van der Waals surface area contributed by atoms with Crippen LogP contribution in [0.1, 0.15) is 48.9 Å². The van der Waals surface area contributed by atoms with Crippen LogP contribution in [0.2, 0.25) is 6.82 Å². The zero-order valence-electron chi connectivity index (χ0n) is 15.2. The summed E-state index contributed by atoms with van der Waals surface area (Å²) in [5.41, 5.74) is 3.55. The van der Waals surface area contributed by atoms with Crippen molar-refractivity contribution in [2.75, 3.05) is 6.54 Å². The van der Waals surface area contributed by atoms with Gasteiger partial charge in [-0.1, -0.05) is 34.3 Å². The van der Waals surface area contributed by atoms with Crippen molar-refractivity contribution in [2.45, 2.75) is 45.3 Å². The molecule has 3 saturated carbocycles. The number of hydrogen-bond acceptors (Lipinski definition) is 1. The Morgan fingerprint density at radius 2 is 2.00 bits per heavy atom. The van der Waals surface area contributed by atoms with Gasteiger partial charge in [0.2, 0.25) is 0 Å². The van der Waals surface area contributed by atoms with Crippen LogP contribution in [0.5, 0.6) is 0 Å². The fourth-order valence-corrected chi connectivity index (χ4v) is 5.57. The summed E-state index contributed by atoms with van der Waals surface area (Å²) in [4.78, 5) is 12.9. The maximum atomic E-state index is 12.9. The van der Waals surface area contributed by atoms with Crippen molar-refractivity contribution in [3.05, 3.63) is 28.4 Å². The van der Waals surface area contributed by atoms with Crippen LogP contribution in [0.3, 0.4) is 0 Å². The third kappa shape index (κ3) is 3.05. The van der Waals surface area contributed by atoms with E-state index in [0.717, 1.165) is 40.7 Å². The average Bonchev–Trinajstić information content (AvgIpc) is 2.98. The first kappa shape index (κ1) is 17.2. The van der Waals surface area contributed by atoms with Crippen LogP contribution in [-0.2, 0) is 7.05 Å². The molecule has 1 aromatic heterocycles. The van der Waals surface area contributed by atoms with Crippen LogP contribution >= 0.6 is 15.9 Å². The van der Waals surface area contributed by atoms with Gasteiger partial charge in [0.15, 0.2) is 7.28 Å². The van der Waals surface area contributed by atoms with E-state index in [9.17, 15) is 4.79 Å². The number of carbonyl (C=O) groups is 1. The molecule has 0 saturated heterocycles. The lowest BCUT2D eigenvalue weighted by atomic mass is 9.61. The molecule has 25 heavy (non-hydrogen) atoms. The zero-order chi connectivity index (χ0) is 17.6. The van der Waals surface area contributed by atoms with E-state index in [-0.39, 0.29) is 5.91 Å². The van der Waals surface area contributed by atoms with Crippen molar-refractivity contribution < 1.29 is 4.79 Å². The highest BCUT2D eigenvalue weighted by molar-refractivity contribution is 9.10. The van der Waals surface area contributed by atoms with Crippen molar-refractivity contribution in [1.82, 2.24) is 9.88 Å². The number of halogens is 1. The first-order valence-electron chi connectivity index (χ1n) is 9.57. The number of amides is 1. The third-order valence-corrected chi connectivity index (χ3v) is 7.25. The number of nitrogens with one attached hydrogen (secondary N) is 1. The van der Waals surface area contributed by atoms with Gasteiger partial charge in [-0.25, -0.2) is 0 Å². The van der Waals surface area contributed by atoms with Gasteiger partial charge >= 0.3 is 0 Å². The molecule has 1 aromatic carbocycles. The van der Waals surface area contributed by atoms with Gasteiger partial charge in [-0.2, -0.15) is 0 Å². The lowest BCUT2D eigenvalue weighted by Gasteiger charge is -2.46. The molecule has 0 radical (unpaired) electrons. The van der Waals surface area contributed by atoms with Gasteiger partial charge in [0.1, 0.15) is 0 Å². The molecule has 2 bridgehead atoms. The second-order valence-corrected chi connectivity index (χ2v) is 9.00. The van der Waals surface area contributed by atoms with Gasteiger partial charge in [0.25, 0.3) is 5.91 Å². The first-order chi connectivity index (χ1) is 12.0. The molecule has 3 aliphatic carbocycles. The van der Waals surface area contributed by atoms with E-state index in [1.54, 1.807) is 0 Å². The van der Waals surface area contributed by atoms with Crippen molar-refractivity contribution in [3.8, 4) is 0 Å². The predicted molar refractivity (Wildman–Crippen MR) is 109 cm³/mol. The van der Waals surface area contributed by atoms with Crippen LogP contribution in [-0.4, -0.2) is 24.3 Å². The van der Waals surface area contributed by atoms with Crippen LogP contribution in [0, 0.1) is 11.3 Å². The van der Waals surface area contributed by atoms with Crippen molar-refractivity contribution in [2.24, 2.45) is 18.4 Å². The monoisotopic (exact) mass is 400 g/mol. The normalized spacial score (nSPS) is 25.3. The number of rotatable bonds is 4. The van der Waals surface area contributed by atoms with Crippen LogP contribution in [0.15, 0.2) is 22.8 Å². The highest BCUT2D eigenvalue weighted by Gasteiger charge is 2.40. The summed E-state index contributed by atoms with van der Waals surface area (Å²) in [5.74, 6) is 1.02. The van der Waals surface area contributed by atoms with Gasteiger partial charge in [0, 0.05) is 35.2 Å². The van der Waals surface area contributed by atoms with Crippen molar-refractivity contribution >= 4 is 45.5 Å². The second kappa shape index (κ2) is 6.50. The number of nitrogens with zero attached hydrogens (tertiary/aromatic N) is 1. The Hall–Kier alpha value is -1.23. The van der Waals surface area contributed by atoms with Gasteiger partial charge in [-0.15, -0.1) is 0 Å². The molecule has 3 fully saturated rings. The lowest BCUT2D eigenvalue weighted by Crippen LogP contribution is -2.43. The predicted octanol–water partition coefficient (Wildman–Crippen LogP) is 3.75. The number of fused-ring (bicyclic) bond motifs is 4. The molecule has 132 valence electrons. The molecule has 0 atom stereocenters. The molecule has 3 nitrogen and oxygen atoms in total. The molecule has 0 aliphatic heterocycles. The third-order valence-electron chi connectivity index (χ3n) is 6.63. The Kier molecular flexibility index (Phi) is 4.47. The smallest absolute Gasteiger partial charge is 0.253 e. The minimum absolute atomic E-state index is 0.0672. The van der Waals surface area contributed by atoms with Gasteiger partial charge < -0.3 is 9.88 Å². The molecule has 2 aromatic rings. The fourth-order valence-electron chi connectivity index (χ4n) is 4.86. The first-order valence-corrected chi connectivity index (χ1v) is 10.4. The average molecular weight is 401 g/mol. The van der Waals surface area contributed by atoms with Gasteiger partial charge in [0.05, 0.1) is 5.56 Å². The summed E-state index contributed by atoms with van der Waals surface area (Å²) in [7, 11) is 3.01. The quantitative estimate of drug-likeness (QED) is 0.779. The highest BCUT2D eigenvalue weighted by atomic mass is 79.9. The molecule has 0 spiro atoms. The van der Waals surface area contributed by atoms with E-state index >= 15 is 0 Å².